The molecule has 0 aliphatic heterocycles. The van der Waals surface area contributed by atoms with E-state index in [0.717, 1.165) is 4.90 Å². The van der Waals surface area contributed by atoms with Crippen LogP contribution in [0.1, 0.15) is 25.1 Å². The van der Waals surface area contributed by atoms with Crippen molar-refractivity contribution in [2.45, 2.75) is 26.0 Å². The molecule has 1 aromatic heterocycles. The Kier molecular flexibility index (Phi) is 7.12. The number of hydrogen-bond acceptors (Lipinski definition) is 6. The summed E-state index contributed by atoms with van der Waals surface area (Å²) in [5, 5.41) is 9.60. The Morgan fingerprint density at radius 3 is 2.50 bits per heavy atom. The molecule has 160 valence electrons. The Balaban J connectivity index is 2.32. The van der Waals surface area contributed by atoms with Crippen LogP contribution in [-0.2, 0) is 16.2 Å². The molecule has 0 aliphatic rings. The zero-order valence-electron chi connectivity index (χ0n) is 17.1. The van der Waals surface area contributed by atoms with Gasteiger partial charge in [-0.05, 0) is 26.0 Å². The van der Waals surface area contributed by atoms with Crippen molar-refractivity contribution in [1.82, 2.24) is 9.88 Å². The fourth-order valence-electron chi connectivity index (χ4n) is 2.64. The van der Waals surface area contributed by atoms with Crippen molar-refractivity contribution in [2.75, 3.05) is 13.7 Å². The van der Waals surface area contributed by atoms with Crippen LogP contribution in [0.25, 0.3) is 5.57 Å². The summed E-state index contributed by atoms with van der Waals surface area (Å²) in [6.07, 6.45) is 1.42. The monoisotopic (exact) mass is 416 g/mol. The van der Waals surface area contributed by atoms with Crippen molar-refractivity contribution < 1.29 is 23.8 Å². The van der Waals surface area contributed by atoms with Crippen LogP contribution >= 0.6 is 0 Å². The van der Waals surface area contributed by atoms with Crippen molar-refractivity contribution >= 4 is 17.4 Å². The largest absolute Gasteiger partial charge is 0.489 e. The van der Waals surface area contributed by atoms with E-state index in [-0.39, 0.29) is 23.6 Å². The van der Waals surface area contributed by atoms with Gasteiger partial charge in [-0.15, -0.1) is 0 Å². The fraction of sp³-hybridized carbons (Fsp3) is 0.286. The number of benzene rings is 1. The number of halogens is 1. The number of aromatic nitrogens is 1. The van der Waals surface area contributed by atoms with E-state index < -0.39 is 29.8 Å². The van der Waals surface area contributed by atoms with E-state index in [1.165, 1.54) is 39.2 Å². The van der Waals surface area contributed by atoms with Gasteiger partial charge in [0.25, 0.3) is 5.91 Å². The van der Waals surface area contributed by atoms with Gasteiger partial charge in [-0.3, -0.25) is 14.6 Å². The van der Waals surface area contributed by atoms with Gasteiger partial charge >= 0.3 is 0 Å². The number of carbonyl (C=O) groups is 2. The second-order valence-electron chi connectivity index (χ2n) is 6.98. The smallest absolute Gasteiger partial charge is 0.258 e. The van der Waals surface area contributed by atoms with Gasteiger partial charge in [0.1, 0.15) is 23.7 Å². The number of allylic oxidation sites excluding steroid dienone is 1. The summed E-state index contributed by atoms with van der Waals surface area (Å²) in [5.41, 5.74) is 10.4. The number of amides is 2. The molecule has 0 saturated heterocycles. The number of pyridine rings is 1. The van der Waals surface area contributed by atoms with Crippen LogP contribution in [0.3, 0.4) is 0 Å². The molecular weight excluding hydrogens is 391 g/mol. The standard InChI is InChI=1S/C21H25FN4O4/c1-13(23)18(19(28)26(3)21(2,12-27)20(24)29)17-10-15(8-9-25-17)30-11-14-6-4-5-7-16(14)22/h4-10,27H,11-12,23H2,1-3H3,(H2,24,29)/b18-13+. The van der Waals surface area contributed by atoms with E-state index in [2.05, 4.69) is 4.98 Å². The first-order valence-corrected chi connectivity index (χ1v) is 9.09. The maximum Gasteiger partial charge on any atom is 0.258 e. The number of primary amides is 1. The SMILES string of the molecule is C/C(N)=C(\C(=O)N(C)C(C)(CO)C(N)=O)c1cc(OCc2ccccc2F)ccn1. The Morgan fingerprint density at radius 2 is 1.93 bits per heavy atom. The number of carbonyl (C=O) groups excluding carboxylic acids is 2. The lowest BCUT2D eigenvalue weighted by atomic mass is 9.98. The van der Waals surface area contributed by atoms with Gasteiger partial charge in [-0.25, -0.2) is 4.39 Å². The number of aliphatic hydroxyl groups excluding tert-OH is 1. The molecule has 0 saturated carbocycles. The molecule has 30 heavy (non-hydrogen) atoms. The highest BCUT2D eigenvalue weighted by Gasteiger charge is 2.39. The van der Waals surface area contributed by atoms with E-state index in [1.807, 2.05) is 0 Å². The highest BCUT2D eigenvalue weighted by atomic mass is 19.1. The van der Waals surface area contributed by atoms with Crippen LogP contribution in [0, 0.1) is 5.82 Å². The summed E-state index contributed by atoms with van der Waals surface area (Å²) in [5.74, 6) is -1.57. The van der Waals surface area contributed by atoms with Crippen molar-refractivity contribution in [3.05, 3.63) is 65.4 Å². The van der Waals surface area contributed by atoms with E-state index >= 15 is 0 Å². The average molecular weight is 416 g/mol. The zero-order valence-corrected chi connectivity index (χ0v) is 17.1. The first kappa shape index (κ1) is 22.8. The molecule has 5 N–H and O–H groups in total. The van der Waals surface area contributed by atoms with Gasteiger partial charge in [-0.1, -0.05) is 18.2 Å². The molecule has 0 bridgehead atoms. The van der Waals surface area contributed by atoms with Crippen LogP contribution < -0.4 is 16.2 Å². The Hall–Kier alpha value is -3.46. The minimum Gasteiger partial charge on any atom is -0.489 e. The highest BCUT2D eigenvalue weighted by molar-refractivity contribution is 6.20. The number of nitrogens with zero attached hydrogens (tertiary/aromatic N) is 2. The molecule has 0 spiro atoms. The first-order chi connectivity index (χ1) is 14.1. The molecule has 1 heterocycles. The highest BCUT2D eigenvalue weighted by Crippen LogP contribution is 2.25. The molecule has 0 aliphatic carbocycles. The third-order valence-electron chi connectivity index (χ3n) is 4.83. The molecule has 0 fully saturated rings. The third kappa shape index (κ3) is 4.74. The molecule has 1 unspecified atom stereocenters. The predicted molar refractivity (Wildman–Crippen MR) is 109 cm³/mol. The molecule has 8 nitrogen and oxygen atoms in total. The second kappa shape index (κ2) is 9.36. The summed E-state index contributed by atoms with van der Waals surface area (Å²) in [6, 6.07) is 9.26. The van der Waals surface area contributed by atoms with Crippen LogP contribution in [0.2, 0.25) is 0 Å². The van der Waals surface area contributed by atoms with E-state index in [4.69, 9.17) is 16.2 Å². The molecule has 0 radical (unpaired) electrons. The maximum absolute atomic E-state index is 13.8. The normalized spacial score (nSPS) is 13.8. The van der Waals surface area contributed by atoms with E-state index in [1.54, 1.807) is 24.3 Å². The van der Waals surface area contributed by atoms with Crippen molar-refractivity contribution in [3.63, 3.8) is 0 Å². The summed E-state index contributed by atoms with van der Waals surface area (Å²) < 4.78 is 19.4. The number of hydrogen-bond donors (Lipinski definition) is 3. The predicted octanol–water partition coefficient (Wildman–Crippen LogP) is 1.18. The minimum absolute atomic E-state index is 0.0190. The van der Waals surface area contributed by atoms with Crippen molar-refractivity contribution in [3.8, 4) is 5.75 Å². The van der Waals surface area contributed by atoms with Gasteiger partial charge in [-0.2, -0.15) is 0 Å². The number of nitrogens with two attached hydrogens (primary N) is 2. The van der Waals surface area contributed by atoms with Gasteiger partial charge in [0.2, 0.25) is 5.91 Å². The van der Waals surface area contributed by atoms with Gasteiger partial charge in [0, 0.05) is 30.6 Å². The summed E-state index contributed by atoms with van der Waals surface area (Å²) >= 11 is 0. The molecular formula is C21H25FN4O4. The average Bonchev–Trinajstić information content (AvgIpc) is 2.72. The van der Waals surface area contributed by atoms with Crippen LogP contribution in [0.4, 0.5) is 4.39 Å². The second-order valence-corrected chi connectivity index (χ2v) is 6.98. The number of aliphatic hydroxyl groups is 1. The number of ether oxygens (including phenoxy) is 1. The van der Waals surface area contributed by atoms with Crippen molar-refractivity contribution in [1.29, 1.82) is 0 Å². The molecule has 2 aromatic rings. The lowest BCUT2D eigenvalue weighted by molar-refractivity contribution is -0.142. The quantitative estimate of drug-likeness (QED) is 0.554. The maximum atomic E-state index is 13.8. The third-order valence-corrected chi connectivity index (χ3v) is 4.83. The lowest BCUT2D eigenvalue weighted by Gasteiger charge is -2.35. The Labute approximate surface area is 174 Å². The summed E-state index contributed by atoms with van der Waals surface area (Å²) in [4.78, 5) is 30.0. The lowest BCUT2D eigenvalue weighted by Crippen LogP contribution is -2.58. The van der Waals surface area contributed by atoms with Gasteiger partial charge in [0.05, 0.1) is 17.9 Å². The summed E-state index contributed by atoms with van der Waals surface area (Å²) in [6.45, 7) is 2.17. The zero-order chi connectivity index (χ0) is 22.5. The Morgan fingerprint density at radius 1 is 1.27 bits per heavy atom. The topological polar surface area (TPSA) is 132 Å². The van der Waals surface area contributed by atoms with Gasteiger partial charge in [0.15, 0.2) is 0 Å². The molecule has 9 heteroatoms. The number of likely N-dealkylation sites (N-methyl/N-ethyl adjacent to an activating group) is 1. The molecule has 2 amide bonds. The molecule has 2 rings (SSSR count). The van der Waals surface area contributed by atoms with Crippen LogP contribution in [0.15, 0.2) is 48.3 Å². The van der Waals surface area contributed by atoms with E-state index in [9.17, 15) is 19.1 Å². The number of rotatable bonds is 8. The van der Waals surface area contributed by atoms with Crippen molar-refractivity contribution in [2.24, 2.45) is 11.5 Å². The van der Waals surface area contributed by atoms with Crippen LogP contribution in [0.5, 0.6) is 5.75 Å². The first-order valence-electron chi connectivity index (χ1n) is 9.09. The fourth-order valence-corrected chi connectivity index (χ4v) is 2.64. The van der Waals surface area contributed by atoms with Gasteiger partial charge < -0.3 is 26.2 Å². The molecule has 1 atom stereocenters. The van der Waals surface area contributed by atoms with E-state index in [0.29, 0.717) is 11.3 Å². The Bertz CT molecular complexity index is 975. The molecule has 1 aromatic carbocycles. The van der Waals surface area contributed by atoms with Crippen LogP contribution in [-0.4, -0.2) is 46.0 Å². The minimum atomic E-state index is -1.63. The summed E-state index contributed by atoms with van der Waals surface area (Å²) in [7, 11) is 1.34.